The van der Waals surface area contributed by atoms with Gasteiger partial charge in [0.2, 0.25) is 5.91 Å². The molecule has 2 heterocycles. The number of carbonyl (C=O) groups is 1. The molecule has 1 aromatic rings. The average molecular weight is 289 g/mol. The SMILES string of the molecule is NC(=NO)c1ccc(CC(=O)N2CC3CCC(C2)O3)cc1. The quantitative estimate of drug-likeness (QED) is 0.371. The maximum Gasteiger partial charge on any atom is 0.227 e. The van der Waals surface area contributed by atoms with Crippen molar-refractivity contribution >= 4 is 11.7 Å². The Morgan fingerprint density at radius 2 is 1.90 bits per heavy atom. The molecule has 1 aromatic carbocycles. The Hall–Kier alpha value is -2.08. The van der Waals surface area contributed by atoms with Crippen LogP contribution in [-0.2, 0) is 16.0 Å². The third-order valence-electron chi connectivity index (χ3n) is 4.11. The van der Waals surface area contributed by atoms with E-state index in [1.165, 1.54) is 0 Å². The molecule has 0 aliphatic carbocycles. The highest BCUT2D eigenvalue weighted by Crippen LogP contribution is 2.26. The summed E-state index contributed by atoms with van der Waals surface area (Å²) in [5, 5.41) is 11.6. The third-order valence-corrected chi connectivity index (χ3v) is 4.11. The number of nitrogens with zero attached hydrogens (tertiary/aromatic N) is 2. The van der Waals surface area contributed by atoms with Gasteiger partial charge in [-0.2, -0.15) is 0 Å². The summed E-state index contributed by atoms with van der Waals surface area (Å²) >= 11 is 0. The van der Waals surface area contributed by atoms with Crippen molar-refractivity contribution in [2.45, 2.75) is 31.5 Å². The number of amides is 1. The van der Waals surface area contributed by atoms with E-state index in [0.29, 0.717) is 25.1 Å². The van der Waals surface area contributed by atoms with Crippen molar-refractivity contribution in [1.29, 1.82) is 0 Å². The summed E-state index contributed by atoms with van der Waals surface area (Å²) < 4.78 is 5.74. The van der Waals surface area contributed by atoms with Gasteiger partial charge < -0.3 is 20.6 Å². The lowest BCUT2D eigenvalue weighted by Crippen LogP contribution is -2.46. The zero-order valence-corrected chi connectivity index (χ0v) is 11.7. The highest BCUT2D eigenvalue weighted by atomic mass is 16.5. The summed E-state index contributed by atoms with van der Waals surface area (Å²) in [5.74, 6) is 0.198. The fourth-order valence-corrected chi connectivity index (χ4v) is 2.96. The summed E-state index contributed by atoms with van der Waals surface area (Å²) in [4.78, 5) is 14.2. The van der Waals surface area contributed by atoms with E-state index >= 15 is 0 Å². The largest absolute Gasteiger partial charge is 0.409 e. The number of nitrogens with two attached hydrogens (primary N) is 1. The molecule has 2 saturated heterocycles. The topological polar surface area (TPSA) is 88.2 Å². The van der Waals surface area contributed by atoms with Gasteiger partial charge in [0.05, 0.1) is 18.6 Å². The van der Waals surface area contributed by atoms with Crippen molar-refractivity contribution in [3.63, 3.8) is 0 Å². The van der Waals surface area contributed by atoms with Crippen molar-refractivity contribution in [3.05, 3.63) is 35.4 Å². The molecule has 6 nitrogen and oxygen atoms in total. The molecular weight excluding hydrogens is 270 g/mol. The third kappa shape index (κ3) is 3.00. The molecule has 1 amide bonds. The fourth-order valence-electron chi connectivity index (χ4n) is 2.96. The monoisotopic (exact) mass is 289 g/mol. The number of amidine groups is 1. The van der Waals surface area contributed by atoms with E-state index < -0.39 is 0 Å². The highest BCUT2D eigenvalue weighted by Gasteiger charge is 2.35. The minimum absolute atomic E-state index is 0.0673. The molecule has 3 rings (SSSR count). The van der Waals surface area contributed by atoms with E-state index in [0.717, 1.165) is 18.4 Å². The van der Waals surface area contributed by atoms with Crippen LogP contribution in [0.1, 0.15) is 24.0 Å². The number of likely N-dealkylation sites (tertiary alicyclic amines) is 1. The van der Waals surface area contributed by atoms with E-state index in [1.807, 2.05) is 17.0 Å². The van der Waals surface area contributed by atoms with Gasteiger partial charge in [-0.05, 0) is 18.4 Å². The van der Waals surface area contributed by atoms with Gasteiger partial charge in [-0.25, -0.2) is 0 Å². The molecule has 0 radical (unpaired) electrons. The minimum Gasteiger partial charge on any atom is -0.409 e. The number of rotatable bonds is 3. The second kappa shape index (κ2) is 5.73. The van der Waals surface area contributed by atoms with Gasteiger partial charge in [0.15, 0.2) is 5.84 Å². The Labute approximate surface area is 123 Å². The van der Waals surface area contributed by atoms with Gasteiger partial charge >= 0.3 is 0 Å². The predicted octanol–water partition coefficient (Wildman–Crippen LogP) is 0.713. The zero-order chi connectivity index (χ0) is 14.8. The normalized spacial score (nSPS) is 25.1. The van der Waals surface area contributed by atoms with Gasteiger partial charge in [-0.1, -0.05) is 29.4 Å². The molecule has 2 atom stereocenters. The summed E-state index contributed by atoms with van der Waals surface area (Å²) in [6.45, 7) is 1.41. The van der Waals surface area contributed by atoms with Crippen molar-refractivity contribution in [3.8, 4) is 0 Å². The van der Waals surface area contributed by atoms with E-state index in [9.17, 15) is 4.79 Å². The van der Waals surface area contributed by atoms with Gasteiger partial charge in [0.1, 0.15) is 0 Å². The number of ether oxygens (including phenoxy) is 1. The molecule has 3 N–H and O–H groups in total. The Balaban J connectivity index is 1.62. The van der Waals surface area contributed by atoms with Crippen LogP contribution in [0.25, 0.3) is 0 Å². The smallest absolute Gasteiger partial charge is 0.227 e. The van der Waals surface area contributed by atoms with Crippen molar-refractivity contribution in [2.75, 3.05) is 13.1 Å². The fraction of sp³-hybridized carbons (Fsp3) is 0.467. The molecule has 2 unspecified atom stereocenters. The molecule has 6 heteroatoms. The van der Waals surface area contributed by atoms with Crippen LogP contribution in [0.5, 0.6) is 0 Å². The van der Waals surface area contributed by atoms with Gasteiger partial charge in [-0.15, -0.1) is 0 Å². The molecule has 2 fully saturated rings. The van der Waals surface area contributed by atoms with Crippen LogP contribution in [-0.4, -0.2) is 47.1 Å². The molecule has 21 heavy (non-hydrogen) atoms. The molecule has 0 saturated carbocycles. The number of hydrogen-bond donors (Lipinski definition) is 2. The Bertz CT molecular complexity index is 544. The maximum absolute atomic E-state index is 12.3. The first kappa shape index (κ1) is 13.9. The number of hydrogen-bond acceptors (Lipinski definition) is 4. The van der Waals surface area contributed by atoms with Gasteiger partial charge in [0, 0.05) is 18.7 Å². The first-order valence-electron chi connectivity index (χ1n) is 7.16. The van der Waals surface area contributed by atoms with Crippen molar-refractivity contribution in [2.24, 2.45) is 10.9 Å². The second-order valence-electron chi connectivity index (χ2n) is 5.62. The van der Waals surface area contributed by atoms with Crippen molar-refractivity contribution in [1.82, 2.24) is 4.90 Å². The summed E-state index contributed by atoms with van der Waals surface area (Å²) in [5.41, 5.74) is 7.07. The van der Waals surface area contributed by atoms with Crippen LogP contribution in [0.4, 0.5) is 0 Å². The van der Waals surface area contributed by atoms with Crippen LogP contribution in [0, 0.1) is 0 Å². The average Bonchev–Trinajstić information content (AvgIpc) is 2.85. The number of morpholine rings is 1. The molecule has 2 aliphatic heterocycles. The number of fused-ring (bicyclic) bond motifs is 2. The molecule has 0 spiro atoms. The minimum atomic E-state index is 0.0673. The van der Waals surface area contributed by atoms with Gasteiger partial charge in [0.25, 0.3) is 0 Å². The molecule has 0 aromatic heterocycles. The van der Waals surface area contributed by atoms with Crippen LogP contribution in [0.15, 0.2) is 29.4 Å². The summed E-state index contributed by atoms with van der Waals surface area (Å²) in [7, 11) is 0. The summed E-state index contributed by atoms with van der Waals surface area (Å²) in [6.07, 6.45) is 2.92. The Kier molecular flexibility index (Phi) is 3.79. The number of benzene rings is 1. The standard InChI is InChI=1S/C15H19N3O3/c16-15(17-20)11-3-1-10(2-4-11)7-14(19)18-8-12-5-6-13(9-18)21-12/h1-4,12-13,20H,5-9H2,(H2,16,17). The predicted molar refractivity (Wildman–Crippen MR) is 77.1 cm³/mol. The van der Waals surface area contributed by atoms with Crippen LogP contribution >= 0.6 is 0 Å². The van der Waals surface area contributed by atoms with Gasteiger partial charge in [-0.3, -0.25) is 4.79 Å². The maximum atomic E-state index is 12.3. The Morgan fingerprint density at radius 3 is 2.48 bits per heavy atom. The highest BCUT2D eigenvalue weighted by molar-refractivity contribution is 5.97. The number of oxime groups is 1. The molecular formula is C15H19N3O3. The molecule has 2 aliphatic rings. The van der Waals surface area contributed by atoms with Crippen LogP contribution in [0.3, 0.4) is 0 Å². The van der Waals surface area contributed by atoms with E-state index in [-0.39, 0.29) is 24.0 Å². The van der Waals surface area contributed by atoms with E-state index in [4.69, 9.17) is 15.7 Å². The lowest BCUT2D eigenvalue weighted by Gasteiger charge is -2.32. The van der Waals surface area contributed by atoms with Crippen LogP contribution in [0.2, 0.25) is 0 Å². The van der Waals surface area contributed by atoms with E-state index in [2.05, 4.69) is 5.16 Å². The lowest BCUT2D eigenvalue weighted by atomic mass is 10.1. The first-order chi connectivity index (χ1) is 10.2. The first-order valence-corrected chi connectivity index (χ1v) is 7.16. The molecule has 112 valence electrons. The second-order valence-corrected chi connectivity index (χ2v) is 5.62. The Morgan fingerprint density at radius 1 is 1.29 bits per heavy atom. The van der Waals surface area contributed by atoms with Crippen molar-refractivity contribution < 1.29 is 14.7 Å². The van der Waals surface area contributed by atoms with Crippen LogP contribution < -0.4 is 5.73 Å². The van der Waals surface area contributed by atoms with E-state index in [1.54, 1.807) is 12.1 Å². The molecule has 2 bridgehead atoms. The lowest BCUT2D eigenvalue weighted by molar-refractivity contribution is -0.139. The summed E-state index contributed by atoms with van der Waals surface area (Å²) in [6, 6.07) is 7.17. The number of carbonyl (C=O) groups excluding carboxylic acids is 1. The zero-order valence-electron chi connectivity index (χ0n) is 11.7.